The average Bonchev–Trinajstić information content (AvgIpc) is 2.34. The number of halogens is 3. The first-order chi connectivity index (χ1) is 8.60. The molecule has 0 saturated carbocycles. The van der Waals surface area contributed by atoms with E-state index in [0.717, 1.165) is 21.3 Å². The lowest BCUT2D eigenvalue weighted by molar-refractivity contribution is 0.472. The van der Waals surface area contributed by atoms with Crippen LogP contribution < -0.4 is 4.74 Å². The molecule has 94 valence electrons. The van der Waals surface area contributed by atoms with Gasteiger partial charge in [0.05, 0.1) is 0 Å². The van der Waals surface area contributed by atoms with Gasteiger partial charge in [0.1, 0.15) is 17.3 Å². The molecule has 0 unspecified atom stereocenters. The highest BCUT2D eigenvalue weighted by molar-refractivity contribution is 9.10. The Labute approximate surface area is 122 Å². The summed E-state index contributed by atoms with van der Waals surface area (Å²) in [4.78, 5) is 0. The van der Waals surface area contributed by atoms with Crippen molar-refractivity contribution in [1.29, 1.82) is 0 Å². The second-order valence-electron chi connectivity index (χ2n) is 3.90. The molecule has 0 aliphatic heterocycles. The highest BCUT2D eigenvalue weighted by atomic mass is 79.9. The normalized spacial score (nSPS) is 10.4. The highest BCUT2D eigenvalue weighted by Crippen LogP contribution is 2.31. The quantitative estimate of drug-likeness (QED) is 0.637. The number of hydrogen-bond acceptors (Lipinski definition) is 1. The van der Waals surface area contributed by atoms with Crippen molar-refractivity contribution in [3.05, 3.63) is 57.8 Å². The number of ether oxygens (including phenoxy) is 1. The molecule has 0 aliphatic carbocycles. The third-order valence-electron chi connectivity index (χ3n) is 2.52. The number of hydrogen-bond donors (Lipinski definition) is 0. The molecule has 2 rings (SSSR count). The third-order valence-corrected chi connectivity index (χ3v) is 3.62. The molecule has 2 aromatic rings. The van der Waals surface area contributed by atoms with Gasteiger partial charge in [-0.1, -0.05) is 31.9 Å². The van der Waals surface area contributed by atoms with Crippen LogP contribution in [0.25, 0.3) is 0 Å². The summed E-state index contributed by atoms with van der Waals surface area (Å²) in [7, 11) is 0. The summed E-state index contributed by atoms with van der Waals surface area (Å²) < 4.78 is 19.8. The lowest BCUT2D eigenvalue weighted by Crippen LogP contribution is -1.92. The molecular weight excluding hydrogens is 363 g/mol. The van der Waals surface area contributed by atoms with E-state index in [-0.39, 0.29) is 5.82 Å². The first-order valence-corrected chi connectivity index (χ1v) is 7.30. The Bertz CT molecular complexity index is 570. The van der Waals surface area contributed by atoms with Crippen LogP contribution >= 0.6 is 31.9 Å². The van der Waals surface area contributed by atoms with Crippen LogP contribution in [0.15, 0.2) is 40.9 Å². The van der Waals surface area contributed by atoms with Crippen LogP contribution in [0.1, 0.15) is 11.1 Å². The molecule has 2 aromatic carbocycles. The van der Waals surface area contributed by atoms with E-state index in [4.69, 9.17) is 4.74 Å². The molecule has 0 bridgehead atoms. The Kier molecular flexibility index (Phi) is 4.40. The fourth-order valence-corrected chi connectivity index (χ4v) is 2.44. The van der Waals surface area contributed by atoms with E-state index in [2.05, 4.69) is 31.9 Å². The topological polar surface area (TPSA) is 9.23 Å². The van der Waals surface area contributed by atoms with E-state index in [0.29, 0.717) is 11.1 Å². The standard InChI is InChI=1S/C14H11Br2FO/c1-9-6-12(17)3-5-13(9)18-14-4-2-11(16)7-10(14)8-15/h2-7H,8H2,1H3. The molecule has 0 spiro atoms. The van der Waals surface area contributed by atoms with Gasteiger partial charge in [-0.25, -0.2) is 4.39 Å². The van der Waals surface area contributed by atoms with E-state index in [1.54, 1.807) is 6.07 Å². The molecule has 18 heavy (non-hydrogen) atoms. The average molecular weight is 374 g/mol. The molecule has 0 N–H and O–H groups in total. The molecule has 0 amide bonds. The van der Waals surface area contributed by atoms with Gasteiger partial charge in [0.25, 0.3) is 0 Å². The number of benzene rings is 2. The van der Waals surface area contributed by atoms with Crippen molar-refractivity contribution in [3.8, 4) is 11.5 Å². The molecule has 4 heteroatoms. The molecular formula is C14H11Br2FO. The Morgan fingerprint density at radius 2 is 1.83 bits per heavy atom. The minimum Gasteiger partial charge on any atom is -0.457 e. The van der Waals surface area contributed by atoms with Crippen LogP contribution in [-0.2, 0) is 5.33 Å². The van der Waals surface area contributed by atoms with Gasteiger partial charge in [-0.3, -0.25) is 0 Å². The van der Waals surface area contributed by atoms with Crippen LogP contribution in [0.3, 0.4) is 0 Å². The SMILES string of the molecule is Cc1cc(F)ccc1Oc1ccc(Br)cc1CBr. The minimum atomic E-state index is -0.253. The number of alkyl halides is 1. The van der Waals surface area contributed by atoms with E-state index < -0.39 is 0 Å². The van der Waals surface area contributed by atoms with Gasteiger partial charge in [-0.2, -0.15) is 0 Å². The van der Waals surface area contributed by atoms with Crippen LogP contribution in [0.2, 0.25) is 0 Å². The zero-order valence-corrected chi connectivity index (χ0v) is 12.9. The van der Waals surface area contributed by atoms with Crippen molar-refractivity contribution >= 4 is 31.9 Å². The predicted octanol–water partition coefficient (Wildman–Crippen LogP) is 5.58. The summed E-state index contributed by atoms with van der Waals surface area (Å²) in [5.74, 6) is 1.18. The minimum absolute atomic E-state index is 0.253. The molecule has 0 radical (unpaired) electrons. The Balaban J connectivity index is 2.33. The Morgan fingerprint density at radius 3 is 2.50 bits per heavy atom. The van der Waals surface area contributed by atoms with Crippen LogP contribution in [-0.4, -0.2) is 0 Å². The van der Waals surface area contributed by atoms with E-state index >= 15 is 0 Å². The van der Waals surface area contributed by atoms with Gasteiger partial charge in [0, 0.05) is 15.4 Å². The van der Waals surface area contributed by atoms with Gasteiger partial charge in [0.2, 0.25) is 0 Å². The maximum atomic E-state index is 13.0. The van der Waals surface area contributed by atoms with Crippen LogP contribution in [0.4, 0.5) is 4.39 Å². The lowest BCUT2D eigenvalue weighted by Gasteiger charge is -2.12. The first kappa shape index (κ1) is 13.6. The summed E-state index contributed by atoms with van der Waals surface area (Å²) in [6, 6.07) is 10.3. The fraction of sp³-hybridized carbons (Fsp3) is 0.143. The van der Waals surface area contributed by atoms with Crippen molar-refractivity contribution in [2.75, 3.05) is 0 Å². The molecule has 0 atom stereocenters. The van der Waals surface area contributed by atoms with E-state index in [9.17, 15) is 4.39 Å². The summed E-state index contributed by atoms with van der Waals surface area (Å²) in [5.41, 5.74) is 1.81. The predicted molar refractivity (Wildman–Crippen MR) is 78.0 cm³/mol. The van der Waals surface area contributed by atoms with Gasteiger partial charge in [-0.05, 0) is 48.9 Å². The van der Waals surface area contributed by atoms with Gasteiger partial charge >= 0.3 is 0 Å². The van der Waals surface area contributed by atoms with Crippen LogP contribution in [0.5, 0.6) is 11.5 Å². The summed E-state index contributed by atoms with van der Waals surface area (Å²) in [6.07, 6.45) is 0. The van der Waals surface area contributed by atoms with Crippen LogP contribution in [0, 0.1) is 12.7 Å². The molecule has 0 fully saturated rings. The summed E-state index contributed by atoms with van der Waals surface area (Å²) >= 11 is 6.85. The lowest BCUT2D eigenvalue weighted by atomic mass is 10.2. The smallest absolute Gasteiger partial charge is 0.131 e. The number of rotatable bonds is 3. The van der Waals surface area contributed by atoms with E-state index in [1.165, 1.54) is 12.1 Å². The molecule has 0 aliphatic rings. The zero-order valence-electron chi connectivity index (χ0n) is 9.71. The second-order valence-corrected chi connectivity index (χ2v) is 5.37. The maximum absolute atomic E-state index is 13.0. The summed E-state index contributed by atoms with van der Waals surface area (Å²) in [5, 5.41) is 0.696. The monoisotopic (exact) mass is 372 g/mol. The zero-order chi connectivity index (χ0) is 13.1. The molecule has 0 aromatic heterocycles. The van der Waals surface area contributed by atoms with Crippen molar-refractivity contribution in [2.24, 2.45) is 0 Å². The van der Waals surface area contributed by atoms with Gasteiger partial charge in [-0.15, -0.1) is 0 Å². The van der Waals surface area contributed by atoms with Gasteiger partial charge < -0.3 is 4.74 Å². The van der Waals surface area contributed by atoms with Crippen molar-refractivity contribution < 1.29 is 9.13 Å². The first-order valence-electron chi connectivity index (χ1n) is 5.38. The molecule has 0 saturated heterocycles. The Morgan fingerprint density at radius 1 is 1.11 bits per heavy atom. The van der Waals surface area contributed by atoms with E-state index in [1.807, 2.05) is 25.1 Å². The molecule has 0 heterocycles. The third kappa shape index (κ3) is 3.12. The molecule has 1 nitrogen and oxygen atoms in total. The maximum Gasteiger partial charge on any atom is 0.131 e. The Hall–Kier alpha value is -0.870. The highest BCUT2D eigenvalue weighted by Gasteiger charge is 2.07. The summed E-state index contributed by atoms with van der Waals surface area (Å²) in [6.45, 7) is 1.82. The largest absolute Gasteiger partial charge is 0.457 e. The van der Waals surface area contributed by atoms with Crippen molar-refractivity contribution in [2.45, 2.75) is 12.3 Å². The fourth-order valence-electron chi connectivity index (χ4n) is 1.60. The second kappa shape index (κ2) is 5.85. The number of aryl methyl sites for hydroxylation is 1. The van der Waals surface area contributed by atoms with Crippen molar-refractivity contribution in [1.82, 2.24) is 0 Å². The van der Waals surface area contributed by atoms with Crippen molar-refractivity contribution in [3.63, 3.8) is 0 Å². The van der Waals surface area contributed by atoms with Gasteiger partial charge in [0.15, 0.2) is 0 Å².